The molecule has 1 aliphatic carbocycles. The Balaban J connectivity index is 1.60. The second-order valence-electron chi connectivity index (χ2n) is 7.15. The molecule has 27 heavy (non-hydrogen) atoms. The van der Waals surface area contributed by atoms with Gasteiger partial charge in [0.1, 0.15) is 12.1 Å². The Morgan fingerprint density at radius 2 is 2.00 bits per heavy atom. The van der Waals surface area contributed by atoms with Crippen molar-refractivity contribution in [3.05, 3.63) is 47.5 Å². The molecule has 0 aromatic heterocycles. The SMILES string of the molecule is CC[C@@]1(c2ccccc2)NC(=O)N(CC(=O)NCCC2=CCCCC2)C1=O. The van der Waals surface area contributed by atoms with Crippen molar-refractivity contribution >= 4 is 17.8 Å². The highest BCUT2D eigenvalue weighted by Crippen LogP contribution is 2.32. The quantitative estimate of drug-likeness (QED) is 0.573. The fourth-order valence-corrected chi connectivity index (χ4v) is 3.83. The van der Waals surface area contributed by atoms with Crippen molar-refractivity contribution in [3.8, 4) is 0 Å². The third-order valence-corrected chi connectivity index (χ3v) is 5.43. The lowest BCUT2D eigenvalue weighted by molar-refractivity contribution is -0.135. The van der Waals surface area contributed by atoms with Gasteiger partial charge in [-0.15, -0.1) is 0 Å². The average molecular weight is 369 g/mol. The maximum atomic E-state index is 13.0. The van der Waals surface area contributed by atoms with Crippen LogP contribution in [0.2, 0.25) is 0 Å². The van der Waals surface area contributed by atoms with Crippen LogP contribution in [0, 0.1) is 0 Å². The Morgan fingerprint density at radius 1 is 1.22 bits per heavy atom. The van der Waals surface area contributed by atoms with Crippen molar-refractivity contribution < 1.29 is 14.4 Å². The summed E-state index contributed by atoms with van der Waals surface area (Å²) in [7, 11) is 0. The number of nitrogens with one attached hydrogen (secondary N) is 2. The van der Waals surface area contributed by atoms with Gasteiger partial charge in [-0.05, 0) is 44.1 Å². The zero-order valence-corrected chi connectivity index (χ0v) is 15.8. The topological polar surface area (TPSA) is 78.5 Å². The molecule has 2 aliphatic rings. The minimum atomic E-state index is -1.09. The second-order valence-corrected chi connectivity index (χ2v) is 7.15. The molecule has 2 N–H and O–H groups in total. The number of amides is 4. The lowest BCUT2D eigenvalue weighted by atomic mass is 9.87. The third kappa shape index (κ3) is 4.04. The van der Waals surface area contributed by atoms with Crippen molar-refractivity contribution in [2.24, 2.45) is 0 Å². The number of hydrogen-bond acceptors (Lipinski definition) is 3. The van der Waals surface area contributed by atoms with Crippen LogP contribution in [0.3, 0.4) is 0 Å². The summed E-state index contributed by atoms with van der Waals surface area (Å²) >= 11 is 0. The number of imide groups is 1. The van der Waals surface area contributed by atoms with Gasteiger partial charge in [0.2, 0.25) is 5.91 Å². The van der Waals surface area contributed by atoms with Crippen LogP contribution < -0.4 is 10.6 Å². The largest absolute Gasteiger partial charge is 0.354 e. The van der Waals surface area contributed by atoms with E-state index >= 15 is 0 Å². The molecule has 1 saturated heterocycles. The molecule has 1 fully saturated rings. The van der Waals surface area contributed by atoms with Crippen molar-refractivity contribution in [1.29, 1.82) is 0 Å². The molecular formula is C21H27N3O3. The highest BCUT2D eigenvalue weighted by Gasteiger charge is 2.51. The summed E-state index contributed by atoms with van der Waals surface area (Å²) in [5, 5.41) is 5.62. The van der Waals surface area contributed by atoms with E-state index < -0.39 is 11.6 Å². The molecule has 0 unspecified atom stereocenters. The fourth-order valence-electron chi connectivity index (χ4n) is 3.83. The molecule has 144 valence electrons. The van der Waals surface area contributed by atoms with Crippen LogP contribution in [0.25, 0.3) is 0 Å². The van der Waals surface area contributed by atoms with Gasteiger partial charge in [0.15, 0.2) is 0 Å². The summed E-state index contributed by atoms with van der Waals surface area (Å²) in [5.41, 5.74) is 1.02. The van der Waals surface area contributed by atoms with Gasteiger partial charge in [-0.3, -0.25) is 14.5 Å². The van der Waals surface area contributed by atoms with Crippen LogP contribution in [0.15, 0.2) is 42.0 Å². The number of rotatable bonds is 7. The van der Waals surface area contributed by atoms with Gasteiger partial charge in [0.05, 0.1) is 0 Å². The van der Waals surface area contributed by atoms with Gasteiger partial charge >= 0.3 is 6.03 Å². The summed E-state index contributed by atoms with van der Waals surface area (Å²) in [6.45, 7) is 2.14. The number of carbonyl (C=O) groups is 3. The molecule has 0 bridgehead atoms. The smallest absolute Gasteiger partial charge is 0.325 e. The van der Waals surface area contributed by atoms with Gasteiger partial charge < -0.3 is 10.6 Å². The molecule has 6 nitrogen and oxygen atoms in total. The first-order valence-corrected chi connectivity index (χ1v) is 9.71. The predicted octanol–water partition coefficient (Wildman–Crippen LogP) is 2.85. The second kappa shape index (κ2) is 8.37. The van der Waals surface area contributed by atoms with E-state index in [1.165, 1.54) is 18.4 Å². The van der Waals surface area contributed by atoms with Crippen LogP contribution in [-0.4, -0.2) is 35.8 Å². The van der Waals surface area contributed by atoms with Crippen molar-refractivity contribution in [3.63, 3.8) is 0 Å². The molecule has 0 saturated carbocycles. The minimum absolute atomic E-state index is 0.252. The van der Waals surface area contributed by atoms with E-state index in [1.807, 2.05) is 37.3 Å². The molecule has 1 heterocycles. The molecule has 1 aromatic rings. The van der Waals surface area contributed by atoms with Crippen molar-refractivity contribution in [2.75, 3.05) is 13.1 Å². The minimum Gasteiger partial charge on any atom is -0.354 e. The molecule has 3 rings (SSSR count). The number of nitrogens with zero attached hydrogens (tertiary/aromatic N) is 1. The van der Waals surface area contributed by atoms with E-state index in [9.17, 15) is 14.4 Å². The van der Waals surface area contributed by atoms with Crippen LogP contribution in [0.1, 0.15) is 51.0 Å². The number of carbonyl (C=O) groups excluding carboxylic acids is 3. The maximum absolute atomic E-state index is 13.0. The van der Waals surface area contributed by atoms with E-state index in [4.69, 9.17) is 0 Å². The van der Waals surface area contributed by atoms with Crippen LogP contribution in [0.5, 0.6) is 0 Å². The summed E-state index contributed by atoms with van der Waals surface area (Å²) in [4.78, 5) is 38.7. The third-order valence-electron chi connectivity index (χ3n) is 5.43. The highest BCUT2D eigenvalue weighted by atomic mass is 16.2. The molecule has 0 spiro atoms. The zero-order chi connectivity index (χ0) is 19.3. The van der Waals surface area contributed by atoms with Gasteiger partial charge in [-0.1, -0.05) is 48.9 Å². The number of benzene rings is 1. The number of hydrogen-bond donors (Lipinski definition) is 2. The Kier molecular flexibility index (Phi) is 5.94. The Morgan fingerprint density at radius 3 is 2.67 bits per heavy atom. The van der Waals surface area contributed by atoms with Crippen LogP contribution in [0.4, 0.5) is 4.79 Å². The molecular weight excluding hydrogens is 342 g/mol. The van der Waals surface area contributed by atoms with Crippen LogP contribution >= 0.6 is 0 Å². The Bertz CT molecular complexity index is 744. The lowest BCUT2D eigenvalue weighted by Gasteiger charge is -2.25. The van der Waals surface area contributed by atoms with Crippen molar-refractivity contribution in [2.45, 2.75) is 51.0 Å². The molecule has 4 amide bonds. The molecule has 1 aromatic carbocycles. The summed E-state index contributed by atoms with van der Waals surface area (Å²) in [6.07, 6.45) is 8.16. The van der Waals surface area contributed by atoms with Crippen molar-refractivity contribution in [1.82, 2.24) is 15.5 Å². The molecule has 6 heteroatoms. The maximum Gasteiger partial charge on any atom is 0.325 e. The van der Waals surface area contributed by atoms with Crippen LogP contribution in [-0.2, 0) is 15.1 Å². The van der Waals surface area contributed by atoms with E-state index in [0.29, 0.717) is 13.0 Å². The monoisotopic (exact) mass is 369 g/mol. The fraction of sp³-hybridized carbons (Fsp3) is 0.476. The summed E-state index contributed by atoms with van der Waals surface area (Å²) in [6, 6.07) is 8.66. The lowest BCUT2D eigenvalue weighted by Crippen LogP contribution is -2.44. The Hall–Kier alpha value is -2.63. The van der Waals surface area contributed by atoms with Gasteiger partial charge in [0, 0.05) is 6.54 Å². The normalized spacial score (nSPS) is 22.4. The van der Waals surface area contributed by atoms with E-state index in [2.05, 4.69) is 16.7 Å². The number of allylic oxidation sites excluding steroid dienone is 1. The van der Waals surface area contributed by atoms with Gasteiger partial charge in [-0.2, -0.15) is 0 Å². The average Bonchev–Trinajstić information content (AvgIpc) is 2.94. The first-order chi connectivity index (χ1) is 13.1. The van der Waals surface area contributed by atoms with E-state index in [0.717, 1.165) is 29.7 Å². The van der Waals surface area contributed by atoms with E-state index in [-0.39, 0.29) is 18.4 Å². The first-order valence-electron chi connectivity index (χ1n) is 9.71. The molecule has 1 atom stereocenters. The van der Waals surface area contributed by atoms with E-state index in [1.54, 1.807) is 0 Å². The summed E-state index contributed by atoms with van der Waals surface area (Å²) < 4.78 is 0. The standard InChI is InChI=1S/C21H27N3O3/c1-2-21(17-11-7-4-8-12-17)19(26)24(20(27)23-21)15-18(25)22-14-13-16-9-5-3-6-10-16/h4,7-9,11-12H,2-3,5-6,10,13-15H2,1H3,(H,22,25)(H,23,27)/t21-/m0/s1. The highest BCUT2D eigenvalue weighted by molar-refractivity contribution is 6.09. The first kappa shape index (κ1) is 19.1. The molecule has 0 radical (unpaired) electrons. The van der Waals surface area contributed by atoms with Gasteiger partial charge in [0.25, 0.3) is 5.91 Å². The van der Waals surface area contributed by atoms with Gasteiger partial charge in [-0.25, -0.2) is 4.79 Å². The zero-order valence-electron chi connectivity index (χ0n) is 15.8. The summed E-state index contributed by atoms with van der Waals surface area (Å²) in [5.74, 6) is -0.679. The molecule has 1 aliphatic heterocycles. The number of urea groups is 1. The predicted molar refractivity (Wildman–Crippen MR) is 103 cm³/mol. The Labute approximate surface area is 160 Å².